The summed E-state index contributed by atoms with van der Waals surface area (Å²) in [4.78, 5) is 4.64. The molecule has 2 nitrogen and oxygen atoms in total. The van der Waals surface area contributed by atoms with Crippen molar-refractivity contribution in [2.75, 3.05) is 0 Å². The molecule has 1 aromatic carbocycles. The Morgan fingerprint density at radius 2 is 1.79 bits per heavy atom. The molecule has 0 aliphatic rings. The summed E-state index contributed by atoms with van der Waals surface area (Å²) in [6, 6.07) is 5.65. The zero-order chi connectivity index (χ0) is 14.4. The van der Waals surface area contributed by atoms with Gasteiger partial charge in [0.2, 0.25) is 0 Å². The Morgan fingerprint density at radius 3 is 2.32 bits per heavy atom. The highest BCUT2D eigenvalue weighted by Crippen LogP contribution is 2.34. The number of hydrogen-bond acceptors (Lipinski definition) is 2. The molecule has 0 spiro atoms. The van der Waals surface area contributed by atoms with Gasteiger partial charge in [0.05, 0.1) is 10.5 Å². The summed E-state index contributed by atoms with van der Waals surface area (Å²) in [6.45, 7) is 8.15. The lowest BCUT2D eigenvalue weighted by Crippen LogP contribution is -2.29. The second-order valence-corrected chi connectivity index (χ2v) is 6.60. The molecule has 1 aromatic heterocycles. The summed E-state index contributed by atoms with van der Waals surface area (Å²) in [5, 5.41) is 2.09. The first-order valence-electron chi connectivity index (χ1n) is 6.29. The fourth-order valence-electron chi connectivity index (χ4n) is 2.10. The van der Waals surface area contributed by atoms with E-state index in [-0.39, 0.29) is 0 Å². The average Bonchev–Trinajstić information content (AvgIpc) is 2.26. The van der Waals surface area contributed by atoms with Gasteiger partial charge >= 0.3 is 0 Å². The molecule has 19 heavy (non-hydrogen) atoms. The van der Waals surface area contributed by atoms with Crippen molar-refractivity contribution in [1.29, 1.82) is 0 Å². The molecule has 0 aliphatic heterocycles. The molecule has 0 radical (unpaired) electrons. The summed E-state index contributed by atoms with van der Waals surface area (Å²) in [7, 11) is 0. The molecule has 0 amide bonds. The van der Waals surface area contributed by atoms with Crippen LogP contribution in [0, 0.1) is 0 Å². The number of benzene rings is 1. The van der Waals surface area contributed by atoms with E-state index in [1.807, 2.05) is 19.9 Å². The number of aromatic nitrogens is 1. The number of nitrogens with two attached hydrogens (primary N) is 1. The maximum Gasteiger partial charge on any atom is 0.0896 e. The summed E-state index contributed by atoms with van der Waals surface area (Å²) in [6.07, 6.45) is 0. The van der Waals surface area contributed by atoms with Crippen molar-refractivity contribution in [3.63, 3.8) is 0 Å². The number of nitrogens with zero attached hydrogens (tertiary/aromatic N) is 1. The second kappa shape index (κ2) is 4.93. The largest absolute Gasteiger partial charge is 0.322 e. The zero-order valence-corrected chi connectivity index (χ0v) is 13.1. The molecular formula is C15H18Cl2N2. The maximum atomic E-state index is 6.28. The quantitative estimate of drug-likeness (QED) is 0.859. The SMILES string of the molecule is CC(C)c1cc(C(C)(C)N)c2cc(Cl)cc(Cl)c2n1. The molecule has 0 unspecified atom stereocenters. The molecule has 4 heteroatoms. The van der Waals surface area contributed by atoms with Crippen molar-refractivity contribution in [1.82, 2.24) is 4.98 Å². The van der Waals surface area contributed by atoms with E-state index in [1.165, 1.54) is 0 Å². The molecule has 0 bridgehead atoms. The predicted molar refractivity (Wildman–Crippen MR) is 83.1 cm³/mol. The number of halogens is 2. The molecule has 0 fully saturated rings. The van der Waals surface area contributed by atoms with Crippen LogP contribution in [0.1, 0.15) is 44.9 Å². The highest BCUT2D eigenvalue weighted by atomic mass is 35.5. The number of pyridine rings is 1. The van der Waals surface area contributed by atoms with E-state index in [0.717, 1.165) is 22.2 Å². The third-order valence-corrected chi connectivity index (χ3v) is 3.64. The first-order chi connectivity index (χ1) is 8.70. The van der Waals surface area contributed by atoms with Gasteiger partial charge in [-0.15, -0.1) is 0 Å². The molecule has 102 valence electrons. The van der Waals surface area contributed by atoms with E-state index in [0.29, 0.717) is 16.0 Å². The molecule has 1 heterocycles. The molecular weight excluding hydrogens is 279 g/mol. The summed E-state index contributed by atoms with van der Waals surface area (Å²) >= 11 is 12.4. The zero-order valence-electron chi connectivity index (χ0n) is 11.6. The minimum atomic E-state index is -0.473. The van der Waals surface area contributed by atoms with E-state index in [1.54, 1.807) is 6.07 Å². The highest BCUT2D eigenvalue weighted by molar-refractivity contribution is 6.38. The fourth-order valence-corrected chi connectivity index (χ4v) is 2.64. The van der Waals surface area contributed by atoms with Crippen LogP contribution >= 0.6 is 23.2 Å². The van der Waals surface area contributed by atoms with E-state index < -0.39 is 5.54 Å². The Labute approximate surface area is 123 Å². The van der Waals surface area contributed by atoms with Gasteiger partial charge in [-0.3, -0.25) is 4.98 Å². The van der Waals surface area contributed by atoms with Gasteiger partial charge < -0.3 is 5.73 Å². The average molecular weight is 297 g/mol. The van der Waals surface area contributed by atoms with Crippen molar-refractivity contribution >= 4 is 34.1 Å². The standard InChI is InChI=1S/C15H18Cl2N2/c1-8(2)13-7-11(15(3,4)18)10-5-9(16)6-12(17)14(10)19-13/h5-8H,18H2,1-4H3. The summed E-state index contributed by atoms with van der Waals surface area (Å²) < 4.78 is 0. The van der Waals surface area contributed by atoms with Gasteiger partial charge in [-0.25, -0.2) is 0 Å². The van der Waals surface area contributed by atoms with Crippen LogP contribution in [0.5, 0.6) is 0 Å². The van der Waals surface area contributed by atoms with Crippen molar-refractivity contribution in [2.45, 2.75) is 39.2 Å². The van der Waals surface area contributed by atoms with E-state index in [2.05, 4.69) is 24.9 Å². The van der Waals surface area contributed by atoms with E-state index in [9.17, 15) is 0 Å². The monoisotopic (exact) mass is 296 g/mol. The Morgan fingerprint density at radius 1 is 1.16 bits per heavy atom. The Balaban J connectivity index is 2.90. The van der Waals surface area contributed by atoms with Gasteiger partial charge in [0.1, 0.15) is 0 Å². The van der Waals surface area contributed by atoms with Gasteiger partial charge in [0.25, 0.3) is 0 Å². The molecule has 0 saturated carbocycles. The molecule has 2 N–H and O–H groups in total. The first kappa shape index (κ1) is 14.6. The minimum absolute atomic E-state index is 0.317. The van der Waals surface area contributed by atoms with Gasteiger partial charge in [-0.05, 0) is 43.5 Å². The van der Waals surface area contributed by atoms with E-state index >= 15 is 0 Å². The van der Waals surface area contributed by atoms with E-state index in [4.69, 9.17) is 28.9 Å². The third kappa shape index (κ3) is 2.86. The van der Waals surface area contributed by atoms with Crippen LogP contribution in [0.25, 0.3) is 10.9 Å². The van der Waals surface area contributed by atoms with Gasteiger partial charge in [0.15, 0.2) is 0 Å². The molecule has 2 aromatic rings. The summed E-state index contributed by atoms with van der Waals surface area (Å²) in [5.74, 6) is 0.317. The number of fused-ring (bicyclic) bond motifs is 1. The van der Waals surface area contributed by atoms with Crippen LogP contribution in [0.3, 0.4) is 0 Å². The van der Waals surface area contributed by atoms with Crippen LogP contribution in [-0.4, -0.2) is 4.98 Å². The molecule has 0 atom stereocenters. The van der Waals surface area contributed by atoms with Crippen LogP contribution in [0.2, 0.25) is 10.0 Å². The van der Waals surface area contributed by atoms with Crippen molar-refractivity contribution < 1.29 is 0 Å². The molecule has 0 saturated heterocycles. The van der Waals surface area contributed by atoms with Crippen molar-refractivity contribution in [2.24, 2.45) is 5.73 Å². The normalized spacial score (nSPS) is 12.4. The first-order valence-corrected chi connectivity index (χ1v) is 7.05. The Kier molecular flexibility index (Phi) is 3.78. The predicted octanol–water partition coefficient (Wildman–Crippen LogP) is 4.86. The summed E-state index contributed by atoms with van der Waals surface area (Å²) in [5.41, 5.74) is 8.58. The smallest absolute Gasteiger partial charge is 0.0896 e. The lowest BCUT2D eigenvalue weighted by atomic mass is 9.90. The van der Waals surface area contributed by atoms with Crippen molar-refractivity contribution in [3.8, 4) is 0 Å². The maximum absolute atomic E-state index is 6.28. The van der Waals surface area contributed by atoms with Crippen LogP contribution in [0.4, 0.5) is 0 Å². The Bertz CT molecular complexity index is 628. The molecule has 2 rings (SSSR count). The van der Waals surface area contributed by atoms with Gasteiger partial charge in [-0.1, -0.05) is 37.0 Å². The van der Waals surface area contributed by atoms with Gasteiger partial charge in [0, 0.05) is 21.6 Å². The Hall–Kier alpha value is -0.830. The minimum Gasteiger partial charge on any atom is -0.322 e. The van der Waals surface area contributed by atoms with Crippen molar-refractivity contribution in [3.05, 3.63) is 39.5 Å². The topological polar surface area (TPSA) is 38.9 Å². The second-order valence-electron chi connectivity index (χ2n) is 5.75. The fraction of sp³-hybridized carbons (Fsp3) is 0.400. The lowest BCUT2D eigenvalue weighted by molar-refractivity contribution is 0.557. The third-order valence-electron chi connectivity index (χ3n) is 3.14. The lowest BCUT2D eigenvalue weighted by Gasteiger charge is -2.23. The van der Waals surface area contributed by atoms with Crippen LogP contribution in [0.15, 0.2) is 18.2 Å². The number of rotatable bonds is 2. The number of hydrogen-bond donors (Lipinski definition) is 1. The highest BCUT2D eigenvalue weighted by Gasteiger charge is 2.21. The van der Waals surface area contributed by atoms with Gasteiger partial charge in [-0.2, -0.15) is 0 Å². The van der Waals surface area contributed by atoms with Crippen LogP contribution < -0.4 is 5.73 Å². The van der Waals surface area contributed by atoms with Crippen LogP contribution in [-0.2, 0) is 5.54 Å². The molecule has 0 aliphatic carbocycles.